The minimum atomic E-state index is -0.903. The fourth-order valence-corrected chi connectivity index (χ4v) is 2.62. The third-order valence-corrected chi connectivity index (χ3v) is 3.67. The van der Waals surface area contributed by atoms with E-state index in [0.29, 0.717) is 17.7 Å². The normalized spacial score (nSPS) is 24.1. The molecule has 1 aromatic carbocycles. The number of benzene rings is 1. The lowest BCUT2D eigenvalue weighted by atomic mass is 10.00. The largest absolute Gasteiger partial charge is 0.491 e. The highest BCUT2D eigenvalue weighted by molar-refractivity contribution is 6.06. The maximum atomic E-state index is 13.3. The number of amides is 3. The first-order valence-corrected chi connectivity index (χ1v) is 6.45. The Morgan fingerprint density at radius 3 is 2.80 bits per heavy atom. The van der Waals surface area contributed by atoms with Crippen LogP contribution in [0.25, 0.3) is 0 Å². The maximum Gasteiger partial charge on any atom is 0.325 e. The summed E-state index contributed by atoms with van der Waals surface area (Å²) in [5.41, 5.74) is -0.231. The second-order valence-corrected chi connectivity index (χ2v) is 5.65. The lowest BCUT2D eigenvalue weighted by Crippen LogP contribution is -2.48. The van der Waals surface area contributed by atoms with E-state index in [1.165, 1.54) is 17.0 Å². The Labute approximate surface area is 115 Å². The molecular weight excluding hydrogens is 263 g/mol. The first-order chi connectivity index (χ1) is 9.38. The van der Waals surface area contributed by atoms with Crippen molar-refractivity contribution in [1.29, 1.82) is 0 Å². The fourth-order valence-electron chi connectivity index (χ4n) is 2.62. The van der Waals surface area contributed by atoms with Gasteiger partial charge in [0.15, 0.2) is 0 Å². The van der Waals surface area contributed by atoms with E-state index in [0.717, 1.165) is 0 Å². The summed E-state index contributed by atoms with van der Waals surface area (Å²) in [7, 11) is 0. The van der Waals surface area contributed by atoms with E-state index in [4.69, 9.17) is 4.74 Å². The Kier molecular flexibility index (Phi) is 2.70. The van der Waals surface area contributed by atoms with E-state index in [-0.39, 0.29) is 18.3 Å². The molecular formula is C14H15FN2O3. The zero-order valence-electron chi connectivity index (χ0n) is 11.3. The number of fused-ring (bicyclic) bond motifs is 1. The van der Waals surface area contributed by atoms with Crippen LogP contribution in [0.3, 0.4) is 0 Å². The van der Waals surface area contributed by atoms with Crippen LogP contribution in [0, 0.1) is 5.82 Å². The third-order valence-electron chi connectivity index (χ3n) is 3.67. The van der Waals surface area contributed by atoms with Crippen molar-refractivity contribution in [3.05, 3.63) is 29.6 Å². The van der Waals surface area contributed by atoms with Crippen molar-refractivity contribution in [2.24, 2.45) is 0 Å². The topological polar surface area (TPSA) is 58.6 Å². The number of rotatable bonds is 1. The lowest BCUT2D eigenvalue weighted by molar-refractivity contribution is -0.132. The van der Waals surface area contributed by atoms with Crippen LogP contribution in [0.5, 0.6) is 5.75 Å². The van der Waals surface area contributed by atoms with E-state index in [2.05, 4.69) is 5.32 Å². The number of imide groups is 1. The second kappa shape index (κ2) is 4.19. The van der Waals surface area contributed by atoms with Gasteiger partial charge in [0, 0.05) is 6.42 Å². The van der Waals surface area contributed by atoms with Crippen LogP contribution >= 0.6 is 0 Å². The molecule has 2 aliphatic rings. The van der Waals surface area contributed by atoms with Crippen molar-refractivity contribution in [2.75, 3.05) is 6.61 Å². The summed E-state index contributed by atoms with van der Waals surface area (Å²) >= 11 is 0. The summed E-state index contributed by atoms with van der Waals surface area (Å²) in [5, 5.41) is 2.63. The SMILES string of the molecule is CC1(C)NC(=O)N(C2COc3ccc(F)cc3C2)C1=O. The van der Waals surface area contributed by atoms with Crippen molar-refractivity contribution in [3.63, 3.8) is 0 Å². The Morgan fingerprint density at radius 2 is 2.15 bits per heavy atom. The van der Waals surface area contributed by atoms with Crippen LogP contribution in [-0.2, 0) is 11.2 Å². The molecule has 1 N–H and O–H groups in total. The molecule has 1 unspecified atom stereocenters. The standard InChI is InChI=1S/C14H15FN2O3/c1-14(2)12(18)17(13(19)16-14)10-6-8-5-9(15)3-4-11(8)20-7-10/h3-5,10H,6-7H2,1-2H3,(H,16,19). The summed E-state index contributed by atoms with van der Waals surface area (Å²) in [6.07, 6.45) is 0.405. The first kappa shape index (κ1) is 12.9. The monoisotopic (exact) mass is 278 g/mol. The summed E-state index contributed by atoms with van der Waals surface area (Å²) in [6.45, 7) is 3.54. The zero-order chi connectivity index (χ0) is 14.5. The predicted octanol–water partition coefficient (Wildman–Crippen LogP) is 1.46. The van der Waals surface area contributed by atoms with Crippen LogP contribution in [-0.4, -0.2) is 35.0 Å². The molecule has 0 spiro atoms. The molecule has 6 heteroatoms. The highest BCUT2D eigenvalue weighted by Gasteiger charge is 2.48. The number of carbonyl (C=O) groups excluding carboxylic acids is 2. The Morgan fingerprint density at radius 1 is 1.40 bits per heavy atom. The summed E-state index contributed by atoms with van der Waals surface area (Å²) in [4.78, 5) is 25.4. The van der Waals surface area contributed by atoms with E-state index >= 15 is 0 Å². The summed E-state index contributed by atoms with van der Waals surface area (Å²) < 4.78 is 18.8. The molecule has 1 fully saturated rings. The van der Waals surface area contributed by atoms with Crippen LogP contribution in [0.2, 0.25) is 0 Å². The number of hydrogen-bond donors (Lipinski definition) is 1. The van der Waals surface area contributed by atoms with Crippen LogP contribution in [0.15, 0.2) is 18.2 Å². The Balaban J connectivity index is 1.87. The molecule has 2 aliphatic heterocycles. The molecule has 0 radical (unpaired) electrons. The maximum absolute atomic E-state index is 13.3. The highest BCUT2D eigenvalue weighted by Crippen LogP contribution is 2.29. The summed E-state index contributed by atoms with van der Waals surface area (Å²) in [5.74, 6) is -0.0320. The number of hydrogen-bond acceptors (Lipinski definition) is 3. The molecule has 1 atom stereocenters. The van der Waals surface area contributed by atoms with Gasteiger partial charge < -0.3 is 10.1 Å². The molecule has 0 aliphatic carbocycles. The predicted molar refractivity (Wildman–Crippen MR) is 68.8 cm³/mol. The van der Waals surface area contributed by atoms with Crippen molar-refractivity contribution >= 4 is 11.9 Å². The van der Waals surface area contributed by atoms with E-state index in [1.807, 2.05) is 0 Å². The highest BCUT2D eigenvalue weighted by atomic mass is 19.1. The molecule has 0 aromatic heterocycles. The number of ether oxygens (including phenoxy) is 1. The van der Waals surface area contributed by atoms with Crippen molar-refractivity contribution in [2.45, 2.75) is 31.8 Å². The van der Waals surface area contributed by atoms with Gasteiger partial charge in [-0.3, -0.25) is 9.69 Å². The minimum absolute atomic E-state index is 0.230. The van der Waals surface area contributed by atoms with E-state index < -0.39 is 17.6 Å². The molecule has 0 bridgehead atoms. The van der Waals surface area contributed by atoms with Gasteiger partial charge in [0.1, 0.15) is 23.7 Å². The van der Waals surface area contributed by atoms with Crippen LogP contribution in [0.1, 0.15) is 19.4 Å². The number of halogens is 1. The quantitative estimate of drug-likeness (QED) is 0.791. The van der Waals surface area contributed by atoms with Gasteiger partial charge in [-0.1, -0.05) is 0 Å². The molecule has 106 valence electrons. The molecule has 3 rings (SSSR count). The van der Waals surface area contributed by atoms with Gasteiger partial charge in [-0.2, -0.15) is 0 Å². The molecule has 20 heavy (non-hydrogen) atoms. The minimum Gasteiger partial charge on any atom is -0.491 e. The molecule has 3 amide bonds. The Hall–Kier alpha value is -2.11. The fraction of sp³-hybridized carbons (Fsp3) is 0.429. The van der Waals surface area contributed by atoms with Crippen molar-refractivity contribution in [1.82, 2.24) is 10.2 Å². The van der Waals surface area contributed by atoms with Gasteiger partial charge in [-0.25, -0.2) is 9.18 Å². The zero-order valence-corrected chi connectivity index (χ0v) is 11.3. The van der Waals surface area contributed by atoms with E-state index in [9.17, 15) is 14.0 Å². The third kappa shape index (κ3) is 1.92. The number of urea groups is 1. The molecule has 5 nitrogen and oxygen atoms in total. The van der Waals surface area contributed by atoms with Crippen LogP contribution < -0.4 is 10.1 Å². The van der Waals surface area contributed by atoms with Crippen molar-refractivity contribution < 1.29 is 18.7 Å². The van der Waals surface area contributed by atoms with Gasteiger partial charge >= 0.3 is 6.03 Å². The smallest absolute Gasteiger partial charge is 0.325 e. The van der Waals surface area contributed by atoms with Gasteiger partial charge in [0.2, 0.25) is 0 Å². The summed E-state index contributed by atoms with van der Waals surface area (Å²) in [6, 6.07) is 3.45. The second-order valence-electron chi connectivity index (χ2n) is 5.65. The van der Waals surface area contributed by atoms with Crippen molar-refractivity contribution in [3.8, 4) is 5.75 Å². The lowest BCUT2D eigenvalue weighted by Gasteiger charge is -2.30. The van der Waals surface area contributed by atoms with Crippen LogP contribution in [0.4, 0.5) is 9.18 Å². The molecule has 1 aromatic rings. The van der Waals surface area contributed by atoms with Gasteiger partial charge in [-0.15, -0.1) is 0 Å². The van der Waals surface area contributed by atoms with E-state index in [1.54, 1.807) is 19.9 Å². The average Bonchev–Trinajstić information content (AvgIpc) is 2.57. The Bertz CT molecular complexity index is 600. The van der Waals surface area contributed by atoms with Gasteiger partial charge in [-0.05, 0) is 37.6 Å². The number of carbonyl (C=O) groups is 2. The van der Waals surface area contributed by atoms with Gasteiger partial charge in [0.25, 0.3) is 5.91 Å². The van der Waals surface area contributed by atoms with Gasteiger partial charge in [0.05, 0.1) is 6.04 Å². The first-order valence-electron chi connectivity index (χ1n) is 6.45. The molecule has 0 saturated carbocycles. The number of nitrogens with zero attached hydrogens (tertiary/aromatic N) is 1. The molecule has 1 saturated heterocycles. The average molecular weight is 278 g/mol. The molecule has 2 heterocycles. The number of nitrogens with one attached hydrogen (secondary N) is 1.